The van der Waals surface area contributed by atoms with Crippen molar-refractivity contribution in [3.63, 3.8) is 0 Å². The Kier molecular flexibility index (Phi) is 8.75. The van der Waals surface area contributed by atoms with Crippen LogP contribution in [0.25, 0.3) is 82.2 Å². The van der Waals surface area contributed by atoms with Crippen LogP contribution in [0, 0.1) is 0 Å². The Bertz CT molecular complexity index is 3420. The van der Waals surface area contributed by atoms with Gasteiger partial charge < -0.3 is 5.73 Å². The largest absolute Gasteiger partial charge is 0.383 e. The van der Waals surface area contributed by atoms with E-state index in [2.05, 4.69) is 190 Å². The van der Waals surface area contributed by atoms with Crippen molar-refractivity contribution in [1.82, 2.24) is 0 Å². The molecule has 61 heavy (non-hydrogen) atoms. The van der Waals surface area contributed by atoms with Gasteiger partial charge in [-0.15, -0.1) is 0 Å². The predicted octanol–water partition coefficient (Wildman–Crippen LogP) is 14.9. The van der Waals surface area contributed by atoms with Crippen LogP contribution in [0.4, 0.5) is 0 Å². The van der Waals surface area contributed by atoms with Crippen LogP contribution in [-0.4, -0.2) is 5.84 Å². The molecule has 1 aliphatic rings. The Morgan fingerprint density at radius 3 is 1.75 bits per heavy atom. The van der Waals surface area contributed by atoms with Gasteiger partial charge in [-0.2, -0.15) is 0 Å². The highest BCUT2D eigenvalue weighted by atomic mass is 14.9. The van der Waals surface area contributed by atoms with Crippen molar-refractivity contribution in [3.05, 3.63) is 234 Å². The van der Waals surface area contributed by atoms with E-state index in [1.54, 1.807) is 0 Å². The molecule has 0 amide bonds. The van der Waals surface area contributed by atoms with E-state index in [1.807, 2.05) is 30.3 Å². The van der Waals surface area contributed by atoms with Crippen LogP contribution >= 0.6 is 0 Å². The molecular formula is C59H44N2. The lowest BCUT2D eigenvalue weighted by Crippen LogP contribution is -2.14. The second kappa shape index (κ2) is 14.6. The summed E-state index contributed by atoms with van der Waals surface area (Å²) in [5.74, 6) is 0.493. The monoisotopic (exact) mass is 780 g/mol. The summed E-state index contributed by atoms with van der Waals surface area (Å²) in [7, 11) is 0. The second-order valence-electron chi connectivity index (χ2n) is 16.9. The molecule has 0 bridgehead atoms. The number of aliphatic imine (C=N–C) groups is 1. The molecule has 0 aliphatic heterocycles. The quantitative estimate of drug-likeness (QED) is 0.127. The first-order valence-electron chi connectivity index (χ1n) is 21.2. The van der Waals surface area contributed by atoms with Crippen molar-refractivity contribution in [2.45, 2.75) is 25.7 Å². The van der Waals surface area contributed by atoms with E-state index < -0.39 is 0 Å². The minimum atomic E-state index is -0.0730. The Morgan fingerprint density at radius 2 is 1.02 bits per heavy atom. The molecule has 10 aromatic rings. The van der Waals surface area contributed by atoms with Crippen molar-refractivity contribution in [3.8, 4) is 33.4 Å². The van der Waals surface area contributed by atoms with Crippen molar-refractivity contribution in [2.24, 2.45) is 10.7 Å². The fourth-order valence-electron chi connectivity index (χ4n) is 9.75. The van der Waals surface area contributed by atoms with Gasteiger partial charge in [-0.1, -0.05) is 202 Å². The Balaban J connectivity index is 1.03. The lowest BCUT2D eigenvalue weighted by atomic mass is 9.81. The molecule has 0 atom stereocenters. The zero-order chi connectivity index (χ0) is 41.1. The van der Waals surface area contributed by atoms with Gasteiger partial charge in [0.05, 0.1) is 5.70 Å². The van der Waals surface area contributed by atoms with Gasteiger partial charge in [0.25, 0.3) is 0 Å². The van der Waals surface area contributed by atoms with E-state index in [0.717, 1.165) is 28.6 Å². The smallest absolute Gasteiger partial charge is 0.131 e. The molecule has 1 aliphatic carbocycles. The third kappa shape index (κ3) is 6.31. The van der Waals surface area contributed by atoms with Crippen molar-refractivity contribution >= 4 is 54.6 Å². The zero-order valence-electron chi connectivity index (χ0n) is 34.4. The van der Waals surface area contributed by atoms with Crippen LogP contribution in [0.1, 0.15) is 41.7 Å². The summed E-state index contributed by atoms with van der Waals surface area (Å²) in [5, 5.41) is 9.81. The summed E-state index contributed by atoms with van der Waals surface area (Å²) in [6.07, 6.45) is 2.94. The van der Waals surface area contributed by atoms with Gasteiger partial charge in [0.15, 0.2) is 0 Å². The highest BCUT2D eigenvalue weighted by Crippen LogP contribution is 2.51. The molecular weight excluding hydrogens is 737 g/mol. The normalized spacial score (nSPS) is 13.5. The average molecular weight is 781 g/mol. The second-order valence-corrected chi connectivity index (χ2v) is 16.9. The highest BCUT2D eigenvalue weighted by Gasteiger charge is 2.36. The predicted molar refractivity (Wildman–Crippen MR) is 260 cm³/mol. The third-order valence-corrected chi connectivity index (χ3v) is 12.9. The molecule has 0 fully saturated rings. The van der Waals surface area contributed by atoms with Gasteiger partial charge in [0.2, 0.25) is 0 Å². The summed E-state index contributed by atoms with van der Waals surface area (Å²) in [6, 6.07) is 72.6. The Morgan fingerprint density at radius 1 is 0.459 bits per heavy atom. The number of nitrogens with two attached hydrogens (primary N) is 1. The van der Waals surface area contributed by atoms with E-state index >= 15 is 0 Å². The third-order valence-electron chi connectivity index (χ3n) is 12.9. The first-order chi connectivity index (χ1) is 29.9. The molecule has 2 heteroatoms. The van der Waals surface area contributed by atoms with Gasteiger partial charge in [-0.3, -0.25) is 0 Å². The molecule has 0 unspecified atom stereocenters. The van der Waals surface area contributed by atoms with Crippen LogP contribution in [0.2, 0.25) is 0 Å². The number of benzene rings is 10. The maximum absolute atomic E-state index is 6.76. The van der Waals surface area contributed by atoms with Crippen LogP contribution in [0.15, 0.2) is 211 Å². The number of hydrogen-bond donors (Lipinski definition) is 1. The van der Waals surface area contributed by atoms with Gasteiger partial charge >= 0.3 is 0 Å². The molecule has 0 saturated heterocycles. The number of allylic oxidation sites excluding steroid dienone is 1. The SMILES string of the molecule is CC1(C)c2ccc(-c3ccc(-c4ccc(/C(=C/Cc5ccc6ccccc6c5)N=C(N)c5ccccc5)c5ccccc45)c4ccccc34)cc2-c2cc3ccccc3cc21. The molecule has 0 heterocycles. The van der Waals surface area contributed by atoms with E-state index in [4.69, 9.17) is 10.7 Å². The standard InChI is InChI=1S/C59H44N2/c1-59(2)55-32-27-44(36-53(55)54-35-42-18-8-9-19-43(42)37-56(54)59)45-28-29-50(47-21-11-10-20-46(45)47)51-30-31-52(49-23-13-12-22-48(49)51)57(61-58(60)40-15-4-3-5-16-40)33-25-38-24-26-39-14-6-7-17-41(39)34-38/h3-24,26-37H,25H2,1-2H3,(H2,60,61)/b57-33-. The molecule has 0 radical (unpaired) electrons. The van der Waals surface area contributed by atoms with Crippen molar-refractivity contribution in [2.75, 3.05) is 0 Å². The summed E-state index contributed by atoms with van der Waals surface area (Å²) in [6.45, 7) is 4.72. The van der Waals surface area contributed by atoms with Crippen LogP contribution in [-0.2, 0) is 11.8 Å². The Labute approximate surface area is 357 Å². The topological polar surface area (TPSA) is 38.4 Å². The number of hydrogen-bond acceptors (Lipinski definition) is 1. The van der Waals surface area contributed by atoms with E-state index in [9.17, 15) is 0 Å². The number of fused-ring (bicyclic) bond motifs is 7. The molecule has 2 N–H and O–H groups in total. The lowest BCUT2D eigenvalue weighted by Gasteiger charge is -2.22. The fourth-order valence-corrected chi connectivity index (χ4v) is 9.75. The number of amidine groups is 1. The summed E-state index contributed by atoms with van der Waals surface area (Å²) >= 11 is 0. The van der Waals surface area contributed by atoms with E-state index in [0.29, 0.717) is 5.84 Å². The first-order valence-corrected chi connectivity index (χ1v) is 21.2. The van der Waals surface area contributed by atoms with Crippen molar-refractivity contribution in [1.29, 1.82) is 0 Å². The van der Waals surface area contributed by atoms with Gasteiger partial charge in [-0.25, -0.2) is 4.99 Å². The number of nitrogens with zero attached hydrogens (tertiary/aromatic N) is 1. The maximum atomic E-state index is 6.76. The minimum Gasteiger partial charge on any atom is -0.383 e. The fraction of sp³-hybridized carbons (Fsp3) is 0.0678. The minimum absolute atomic E-state index is 0.0730. The zero-order valence-corrected chi connectivity index (χ0v) is 34.4. The summed E-state index contributed by atoms with van der Waals surface area (Å²) in [5.41, 5.74) is 21.0. The van der Waals surface area contributed by atoms with Gasteiger partial charge in [0, 0.05) is 16.5 Å². The molecule has 11 rings (SSSR count). The molecule has 0 spiro atoms. The molecule has 10 aromatic carbocycles. The average Bonchev–Trinajstić information content (AvgIpc) is 3.53. The van der Waals surface area contributed by atoms with Crippen LogP contribution in [0.3, 0.4) is 0 Å². The van der Waals surface area contributed by atoms with Gasteiger partial charge in [-0.05, 0) is 118 Å². The summed E-state index contributed by atoms with van der Waals surface area (Å²) < 4.78 is 0. The van der Waals surface area contributed by atoms with E-state index in [-0.39, 0.29) is 5.41 Å². The molecule has 0 aromatic heterocycles. The lowest BCUT2D eigenvalue weighted by molar-refractivity contribution is 0.661. The molecule has 0 saturated carbocycles. The first kappa shape index (κ1) is 36.5. The Hall–Kier alpha value is -7.55. The highest BCUT2D eigenvalue weighted by molar-refractivity contribution is 6.12. The molecule has 2 nitrogen and oxygen atoms in total. The maximum Gasteiger partial charge on any atom is 0.131 e. The van der Waals surface area contributed by atoms with E-state index in [1.165, 1.54) is 87.8 Å². The molecule has 290 valence electrons. The van der Waals surface area contributed by atoms with Crippen LogP contribution < -0.4 is 5.73 Å². The van der Waals surface area contributed by atoms with Gasteiger partial charge in [0.1, 0.15) is 5.84 Å². The van der Waals surface area contributed by atoms with Crippen molar-refractivity contribution < 1.29 is 0 Å². The summed E-state index contributed by atoms with van der Waals surface area (Å²) in [4.78, 5) is 5.16. The van der Waals surface area contributed by atoms with Crippen LogP contribution in [0.5, 0.6) is 0 Å². The number of rotatable bonds is 7.